The molecular formula is C22H19F2N3O4. The highest BCUT2D eigenvalue weighted by atomic mass is 19.1. The topological polar surface area (TPSA) is 109 Å². The minimum atomic E-state index is -1.47. The predicted molar refractivity (Wildman–Crippen MR) is 110 cm³/mol. The van der Waals surface area contributed by atoms with Crippen molar-refractivity contribution in [2.75, 3.05) is 10.6 Å². The number of hydrogen-bond donors (Lipinski definition) is 3. The summed E-state index contributed by atoms with van der Waals surface area (Å²) in [6.07, 6.45) is 2.52. The van der Waals surface area contributed by atoms with Crippen LogP contribution in [-0.2, 0) is 19.7 Å². The molecule has 31 heavy (non-hydrogen) atoms. The van der Waals surface area contributed by atoms with Gasteiger partial charge in [-0.2, -0.15) is 0 Å². The molecule has 160 valence electrons. The average molecular weight is 427 g/mol. The number of pyridine rings is 1. The van der Waals surface area contributed by atoms with Crippen LogP contribution >= 0.6 is 0 Å². The number of anilines is 2. The second-order valence-electron chi connectivity index (χ2n) is 8.05. The number of carbonyl (C=O) groups is 1. The van der Waals surface area contributed by atoms with Gasteiger partial charge in [-0.15, -0.1) is 0 Å². The predicted octanol–water partition coefficient (Wildman–Crippen LogP) is 2.91. The summed E-state index contributed by atoms with van der Waals surface area (Å²) in [7, 11) is 0. The molecule has 2 aliphatic rings. The summed E-state index contributed by atoms with van der Waals surface area (Å²) in [6.45, 7) is 0.308. The Balaban J connectivity index is 1.74. The number of nitrogens with zero attached hydrogens (tertiary/aromatic N) is 2. The van der Waals surface area contributed by atoms with Gasteiger partial charge in [0.15, 0.2) is 11.6 Å². The van der Waals surface area contributed by atoms with Crippen molar-refractivity contribution >= 4 is 28.2 Å². The van der Waals surface area contributed by atoms with Crippen LogP contribution in [-0.4, -0.2) is 20.7 Å². The first kappa shape index (κ1) is 19.5. The monoisotopic (exact) mass is 427 g/mol. The lowest BCUT2D eigenvalue weighted by Crippen LogP contribution is -2.24. The molecule has 1 saturated carbocycles. The number of carboxylic acids is 1. The molecule has 0 bridgehead atoms. The minimum absolute atomic E-state index is 0.140. The molecular weight excluding hydrogens is 408 g/mol. The number of benzene rings is 2. The van der Waals surface area contributed by atoms with Crippen LogP contribution < -0.4 is 16.1 Å². The number of nitrogens with two attached hydrogens (primary N) is 1. The molecule has 1 aliphatic carbocycles. The van der Waals surface area contributed by atoms with Crippen LogP contribution in [0.3, 0.4) is 0 Å². The Kier molecular flexibility index (Phi) is 4.26. The van der Waals surface area contributed by atoms with Crippen molar-refractivity contribution in [3.63, 3.8) is 0 Å². The van der Waals surface area contributed by atoms with E-state index < -0.39 is 39.7 Å². The Morgan fingerprint density at radius 1 is 1.16 bits per heavy atom. The number of aliphatic hydroxyl groups is 1. The van der Waals surface area contributed by atoms with Crippen molar-refractivity contribution < 1.29 is 23.8 Å². The average Bonchev–Trinajstić information content (AvgIpc) is 3.50. The number of hydrogen-bond acceptors (Lipinski definition) is 5. The van der Waals surface area contributed by atoms with Gasteiger partial charge in [-0.1, -0.05) is 18.2 Å². The molecule has 3 aromatic rings. The maximum absolute atomic E-state index is 15.8. The number of nitrogen functional groups attached to an aromatic ring is 1. The third kappa shape index (κ3) is 2.88. The molecule has 1 aromatic heterocycles. The van der Waals surface area contributed by atoms with Crippen molar-refractivity contribution in [1.82, 2.24) is 4.57 Å². The van der Waals surface area contributed by atoms with E-state index in [9.17, 15) is 19.8 Å². The SMILES string of the molecule is Nc1c(F)c(N2Cc3ccc(CO)cc3C2)c(F)c2c1c(=O)c(C(=O)O)cn2C1CC1. The van der Waals surface area contributed by atoms with Crippen LogP contribution in [0.2, 0.25) is 0 Å². The van der Waals surface area contributed by atoms with E-state index in [1.807, 2.05) is 0 Å². The van der Waals surface area contributed by atoms with Gasteiger partial charge in [0.1, 0.15) is 11.3 Å². The first-order chi connectivity index (χ1) is 14.8. The molecule has 9 heteroatoms. The third-order valence-corrected chi connectivity index (χ3v) is 6.03. The number of rotatable bonds is 4. The fraction of sp³-hybridized carbons (Fsp3) is 0.273. The normalized spacial score (nSPS) is 15.5. The van der Waals surface area contributed by atoms with Crippen LogP contribution in [0, 0.1) is 11.6 Å². The van der Waals surface area contributed by atoms with Gasteiger partial charge in [-0.25, -0.2) is 13.6 Å². The van der Waals surface area contributed by atoms with Gasteiger partial charge in [0, 0.05) is 25.3 Å². The van der Waals surface area contributed by atoms with Gasteiger partial charge < -0.3 is 25.4 Å². The van der Waals surface area contributed by atoms with Crippen molar-refractivity contribution in [3.8, 4) is 0 Å². The van der Waals surface area contributed by atoms with Gasteiger partial charge in [-0.3, -0.25) is 4.79 Å². The zero-order valence-corrected chi connectivity index (χ0v) is 16.4. The Hall–Kier alpha value is -3.46. The lowest BCUT2D eigenvalue weighted by molar-refractivity contribution is 0.0695. The van der Waals surface area contributed by atoms with Crippen LogP contribution in [0.5, 0.6) is 0 Å². The Morgan fingerprint density at radius 3 is 2.52 bits per heavy atom. The van der Waals surface area contributed by atoms with Crippen LogP contribution in [0.1, 0.15) is 45.9 Å². The highest BCUT2D eigenvalue weighted by molar-refractivity contribution is 5.99. The van der Waals surface area contributed by atoms with Gasteiger partial charge >= 0.3 is 5.97 Å². The summed E-state index contributed by atoms with van der Waals surface area (Å²) >= 11 is 0. The Labute approximate surface area is 174 Å². The fourth-order valence-corrected chi connectivity index (χ4v) is 4.33. The zero-order chi connectivity index (χ0) is 22.0. The second kappa shape index (κ2) is 6.78. The van der Waals surface area contributed by atoms with E-state index in [1.54, 1.807) is 18.2 Å². The molecule has 2 heterocycles. The van der Waals surface area contributed by atoms with Gasteiger partial charge in [0.2, 0.25) is 5.43 Å². The summed E-state index contributed by atoms with van der Waals surface area (Å²) in [4.78, 5) is 25.8. The number of aliphatic hydroxyl groups excluding tert-OH is 1. The molecule has 0 radical (unpaired) electrons. The van der Waals surface area contributed by atoms with Gasteiger partial charge in [-0.05, 0) is 29.5 Å². The largest absolute Gasteiger partial charge is 0.477 e. The van der Waals surface area contributed by atoms with Crippen LogP contribution in [0.15, 0.2) is 29.2 Å². The lowest BCUT2D eigenvalue weighted by atomic mass is 10.1. The molecule has 2 aromatic carbocycles. The maximum Gasteiger partial charge on any atom is 0.341 e. The van der Waals surface area contributed by atoms with Crippen LogP contribution in [0.25, 0.3) is 10.9 Å². The highest BCUT2D eigenvalue weighted by Gasteiger charge is 2.34. The first-order valence-electron chi connectivity index (χ1n) is 9.86. The zero-order valence-electron chi connectivity index (χ0n) is 16.4. The molecule has 0 saturated heterocycles. The minimum Gasteiger partial charge on any atom is -0.477 e. The molecule has 0 amide bonds. The number of carboxylic acid groups (broad SMARTS) is 1. The standard InChI is InChI=1S/C22H19F2N3O4/c23-16-18(25)15-19(27(13-3-4-13)8-14(21(15)29)22(30)31)17(24)20(16)26-6-11-2-1-10(9-28)5-12(11)7-26/h1-2,5,8,13,28H,3-4,6-7,9,25H2,(H,30,31). The van der Waals surface area contributed by atoms with E-state index in [0.717, 1.165) is 17.3 Å². The summed E-state index contributed by atoms with van der Waals surface area (Å²) in [5.74, 6) is -3.49. The van der Waals surface area contributed by atoms with E-state index in [-0.39, 0.29) is 36.9 Å². The van der Waals surface area contributed by atoms with Crippen molar-refractivity contribution in [2.24, 2.45) is 0 Å². The van der Waals surface area contributed by atoms with Gasteiger partial charge in [0.05, 0.1) is 23.2 Å². The number of halogens is 2. The van der Waals surface area contributed by atoms with E-state index in [1.165, 1.54) is 9.47 Å². The Morgan fingerprint density at radius 2 is 1.87 bits per heavy atom. The summed E-state index contributed by atoms with van der Waals surface area (Å²) in [6, 6.07) is 5.17. The molecule has 1 aliphatic heterocycles. The summed E-state index contributed by atoms with van der Waals surface area (Å²) in [5, 5.41) is 18.3. The summed E-state index contributed by atoms with van der Waals surface area (Å²) in [5.41, 5.74) is 5.73. The van der Waals surface area contributed by atoms with Crippen molar-refractivity contribution in [3.05, 3.63) is 68.5 Å². The molecule has 0 spiro atoms. The molecule has 4 N–H and O–H groups in total. The van der Waals surface area contributed by atoms with E-state index in [4.69, 9.17) is 5.73 Å². The van der Waals surface area contributed by atoms with E-state index in [2.05, 4.69) is 0 Å². The van der Waals surface area contributed by atoms with Crippen LogP contribution in [0.4, 0.5) is 20.2 Å². The highest BCUT2D eigenvalue weighted by Crippen LogP contribution is 2.43. The maximum atomic E-state index is 15.8. The smallest absolute Gasteiger partial charge is 0.341 e. The third-order valence-electron chi connectivity index (χ3n) is 6.03. The second-order valence-corrected chi connectivity index (χ2v) is 8.05. The number of aromatic nitrogens is 1. The number of fused-ring (bicyclic) bond motifs is 2. The van der Waals surface area contributed by atoms with E-state index in [0.29, 0.717) is 18.4 Å². The Bertz CT molecular complexity index is 1330. The van der Waals surface area contributed by atoms with Crippen molar-refractivity contribution in [1.29, 1.82) is 0 Å². The fourth-order valence-electron chi connectivity index (χ4n) is 4.33. The lowest BCUT2D eigenvalue weighted by Gasteiger charge is -2.23. The van der Waals surface area contributed by atoms with Crippen molar-refractivity contribution in [2.45, 2.75) is 38.6 Å². The molecule has 0 atom stereocenters. The first-order valence-corrected chi connectivity index (χ1v) is 9.86. The molecule has 0 unspecified atom stereocenters. The molecule has 5 rings (SSSR count). The summed E-state index contributed by atoms with van der Waals surface area (Å²) < 4.78 is 32.5. The number of aromatic carboxylic acids is 1. The molecule has 7 nitrogen and oxygen atoms in total. The molecule has 1 fully saturated rings. The van der Waals surface area contributed by atoms with E-state index >= 15 is 8.78 Å². The quantitative estimate of drug-likeness (QED) is 0.553. The van der Waals surface area contributed by atoms with Gasteiger partial charge in [0.25, 0.3) is 0 Å².